The van der Waals surface area contributed by atoms with Crippen molar-refractivity contribution in [3.05, 3.63) is 22.7 Å². The average molecular weight is 340 g/mol. The topological polar surface area (TPSA) is 30.9 Å². The zero-order valence-corrected chi connectivity index (χ0v) is 14.8. The van der Waals surface area contributed by atoms with Gasteiger partial charge >= 0.3 is 0 Å². The van der Waals surface area contributed by atoms with Crippen LogP contribution in [-0.4, -0.2) is 45.4 Å². The standard InChI is InChI=1S/C18H26ClNO3/c1-21-16-12-15(19)11-14(17(16)22-2)13-20-7-3-18(4-8-20)5-9-23-10-6-18/h11-12H,3-10,13H2,1-2H3. The predicted molar refractivity (Wildman–Crippen MR) is 91.6 cm³/mol. The molecule has 2 aliphatic rings. The summed E-state index contributed by atoms with van der Waals surface area (Å²) in [5, 5.41) is 0.690. The lowest BCUT2D eigenvalue weighted by molar-refractivity contribution is -0.0218. The van der Waals surface area contributed by atoms with E-state index in [1.165, 1.54) is 25.7 Å². The Kier molecular flexibility index (Phi) is 5.34. The first-order valence-corrected chi connectivity index (χ1v) is 8.74. The smallest absolute Gasteiger partial charge is 0.165 e. The molecule has 4 nitrogen and oxygen atoms in total. The monoisotopic (exact) mass is 339 g/mol. The molecule has 1 aromatic rings. The molecule has 0 aliphatic carbocycles. The van der Waals surface area contributed by atoms with Gasteiger partial charge in [0, 0.05) is 36.4 Å². The van der Waals surface area contributed by atoms with Crippen molar-refractivity contribution in [3.8, 4) is 11.5 Å². The zero-order valence-electron chi connectivity index (χ0n) is 14.1. The highest BCUT2D eigenvalue weighted by Gasteiger charge is 2.36. The molecule has 0 unspecified atom stereocenters. The molecule has 1 aromatic carbocycles. The van der Waals surface area contributed by atoms with E-state index >= 15 is 0 Å². The molecular weight excluding hydrogens is 314 g/mol. The summed E-state index contributed by atoms with van der Waals surface area (Å²) < 4.78 is 16.5. The van der Waals surface area contributed by atoms with Gasteiger partial charge in [-0.15, -0.1) is 0 Å². The molecule has 2 heterocycles. The Hall–Kier alpha value is -0.970. The van der Waals surface area contributed by atoms with Gasteiger partial charge in [-0.05, 0) is 50.3 Å². The van der Waals surface area contributed by atoms with E-state index in [9.17, 15) is 0 Å². The molecule has 0 radical (unpaired) electrons. The Morgan fingerprint density at radius 1 is 1.09 bits per heavy atom. The van der Waals surface area contributed by atoms with Gasteiger partial charge in [0.1, 0.15) is 0 Å². The van der Waals surface area contributed by atoms with Gasteiger partial charge in [0.05, 0.1) is 14.2 Å². The second kappa shape index (κ2) is 7.29. The number of halogens is 1. The summed E-state index contributed by atoms with van der Waals surface area (Å²) in [6.45, 7) is 4.96. The van der Waals surface area contributed by atoms with Crippen molar-refractivity contribution in [2.45, 2.75) is 32.2 Å². The van der Waals surface area contributed by atoms with E-state index in [-0.39, 0.29) is 0 Å². The fourth-order valence-electron chi connectivity index (χ4n) is 3.85. The normalized spacial score (nSPS) is 21.3. The first-order chi connectivity index (χ1) is 11.2. The highest BCUT2D eigenvalue weighted by atomic mass is 35.5. The molecular formula is C18H26ClNO3. The Balaban J connectivity index is 1.67. The zero-order chi connectivity index (χ0) is 16.3. The van der Waals surface area contributed by atoms with Gasteiger partial charge in [-0.3, -0.25) is 4.90 Å². The van der Waals surface area contributed by atoms with Gasteiger partial charge in [-0.1, -0.05) is 11.6 Å². The van der Waals surface area contributed by atoms with Crippen molar-refractivity contribution in [2.24, 2.45) is 5.41 Å². The molecule has 1 spiro atoms. The lowest BCUT2D eigenvalue weighted by atomic mass is 9.72. The minimum Gasteiger partial charge on any atom is -0.493 e. The number of nitrogens with zero attached hydrogens (tertiary/aromatic N) is 1. The van der Waals surface area contributed by atoms with Crippen molar-refractivity contribution in [3.63, 3.8) is 0 Å². The lowest BCUT2D eigenvalue weighted by Crippen LogP contribution is -2.42. The molecule has 0 amide bonds. The largest absolute Gasteiger partial charge is 0.493 e. The van der Waals surface area contributed by atoms with Crippen molar-refractivity contribution in [2.75, 3.05) is 40.5 Å². The molecule has 23 heavy (non-hydrogen) atoms. The fraction of sp³-hybridized carbons (Fsp3) is 0.667. The summed E-state index contributed by atoms with van der Waals surface area (Å²) in [5.74, 6) is 1.50. The number of benzene rings is 1. The van der Waals surface area contributed by atoms with Crippen molar-refractivity contribution >= 4 is 11.6 Å². The summed E-state index contributed by atoms with van der Waals surface area (Å²) in [7, 11) is 3.33. The first-order valence-electron chi connectivity index (χ1n) is 8.36. The van der Waals surface area contributed by atoms with Gasteiger partial charge < -0.3 is 14.2 Å². The maximum absolute atomic E-state index is 6.22. The summed E-state index contributed by atoms with van der Waals surface area (Å²) in [6, 6.07) is 3.79. The van der Waals surface area contributed by atoms with E-state index in [2.05, 4.69) is 4.90 Å². The predicted octanol–water partition coefficient (Wildman–Crippen LogP) is 3.75. The van der Waals surface area contributed by atoms with E-state index in [4.69, 9.17) is 25.8 Å². The van der Waals surface area contributed by atoms with Gasteiger partial charge in [-0.25, -0.2) is 0 Å². The molecule has 2 fully saturated rings. The van der Waals surface area contributed by atoms with E-state index in [0.717, 1.165) is 44.2 Å². The van der Waals surface area contributed by atoms with Crippen LogP contribution in [0.1, 0.15) is 31.2 Å². The van der Waals surface area contributed by atoms with Crippen LogP contribution in [-0.2, 0) is 11.3 Å². The van der Waals surface area contributed by atoms with E-state index in [0.29, 0.717) is 16.2 Å². The maximum Gasteiger partial charge on any atom is 0.165 e. The number of likely N-dealkylation sites (tertiary alicyclic amines) is 1. The van der Waals surface area contributed by atoms with E-state index < -0.39 is 0 Å². The van der Waals surface area contributed by atoms with Crippen LogP contribution >= 0.6 is 11.6 Å². The Morgan fingerprint density at radius 3 is 2.39 bits per heavy atom. The molecule has 2 saturated heterocycles. The molecule has 0 bridgehead atoms. The SMILES string of the molecule is COc1cc(Cl)cc(CN2CCC3(CCOCC3)CC2)c1OC. The second-order valence-corrected chi connectivity index (χ2v) is 7.13. The summed E-state index contributed by atoms with van der Waals surface area (Å²) in [5.41, 5.74) is 1.62. The van der Waals surface area contributed by atoms with Crippen LogP contribution in [0, 0.1) is 5.41 Å². The summed E-state index contributed by atoms with van der Waals surface area (Å²) in [4.78, 5) is 2.49. The van der Waals surface area contributed by atoms with Crippen LogP contribution in [0.3, 0.4) is 0 Å². The van der Waals surface area contributed by atoms with Gasteiger partial charge in [0.15, 0.2) is 11.5 Å². The molecule has 0 N–H and O–H groups in total. The average Bonchev–Trinajstić information content (AvgIpc) is 2.57. The Bertz CT molecular complexity index is 533. The lowest BCUT2D eigenvalue weighted by Gasteiger charge is -2.44. The highest BCUT2D eigenvalue weighted by Crippen LogP contribution is 2.42. The van der Waals surface area contributed by atoms with Crippen LogP contribution in [0.2, 0.25) is 5.02 Å². The number of piperidine rings is 1. The quantitative estimate of drug-likeness (QED) is 0.836. The summed E-state index contributed by atoms with van der Waals surface area (Å²) >= 11 is 6.22. The Morgan fingerprint density at radius 2 is 1.78 bits per heavy atom. The van der Waals surface area contributed by atoms with Crippen LogP contribution in [0.5, 0.6) is 11.5 Å². The number of hydrogen-bond donors (Lipinski definition) is 0. The minimum absolute atomic E-state index is 0.519. The van der Waals surface area contributed by atoms with Crippen molar-refractivity contribution in [1.82, 2.24) is 4.90 Å². The minimum atomic E-state index is 0.519. The molecule has 0 atom stereocenters. The third-order valence-corrected chi connectivity index (χ3v) is 5.60. The molecule has 3 rings (SSSR count). The maximum atomic E-state index is 6.22. The summed E-state index contributed by atoms with van der Waals surface area (Å²) in [6.07, 6.45) is 4.96. The third-order valence-electron chi connectivity index (χ3n) is 5.38. The van der Waals surface area contributed by atoms with E-state index in [1.807, 2.05) is 6.07 Å². The number of ether oxygens (including phenoxy) is 3. The van der Waals surface area contributed by atoms with Gasteiger partial charge in [0.25, 0.3) is 0 Å². The van der Waals surface area contributed by atoms with Crippen LogP contribution < -0.4 is 9.47 Å². The van der Waals surface area contributed by atoms with Crippen molar-refractivity contribution < 1.29 is 14.2 Å². The number of hydrogen-bond acceptors (Lipinski definition) is 4. The van der Waals surface area contributed by atoms with Gasteiger partial charge in [-0.2, -0.15) is 0 Å². The molecule has 0 saturated carbocycles. The second-order valence-electron chi connectivity index (χ2n) is 6.69. The van der Waals surface area contributed by atoms with Crippen LogP contribution in [0.4, 0.5) is 0 Å². The number of rotatable bonds is 4. The van der Waals surface area contributed by atoms with Crippen molar-refractivity contribution in [1.29, 1.82) is 0 Å². The fourth-order valence-corrected chi connectivity index (χ4v) is 4.09. The third kappa shape index (κ3) is 3.76. The molecule has 5 heteroatoms. The molecule has 0 aromatic heterocycles. The van der Waals surface area contributed by atoms with E-state index in [1.54, 1.807) is 20.3 Å². The molecule has 128 valence electrons. The number of methoxy groups -OCH3 is 2. The first kappa shape index (κ1) is 16.9. The highest BCUT2D eigenvalue weighted by molar-refractivity contribution is 6.30. The van der Waals surface area contributed by atoms with Crippen LogP contribution in [0.25, 0.3) is 0 Å². The van der Waals surface area contributed by atoms with Crippen LogP contribution in [0.15, 0.2) is 12.1 Å². The Labute approximate surface area is 143 Å². The van der Waals surface area contributed by atoms with Gasteiger partial charge in [0.2, 0.25) is 0 Å². The molecule has 2 aliphatic heterocycles.